The van der Waals surface area contributed by atoms with Gasteiger partial charge in [0.2, 0.25) is 0 Å². The lowest BCUT2D eigenvalue weighted by Gasteiger charge is -1.93. The molecule has 0 N–H and O–H groups in total. The van der Waals surface area contributed by atoms with Crippen LogP contribution < -0.4 is 0 Å². The van der Waals surface area contributed by atoms with E-state index in [9.17, 15) is 4.79 Å². The van der Waals surface area contributed by atoms with Crippen LogP contribution in [0.3, 0.4) is 0 Å². The summed E-state index contributed by atoms with van der Waals surface area (Å²) < 4.78 is 0. The third kappa shape index (κ3) is 2.66. The van der Waals surface area contributed by atoms with Crippen LogP contribution in [0.25, 0.3) is 6.08 Å². The molecule has 0 saturated carbocycles. The Balaban J connectivity index is 2.83. The zero-order valence-electron chi connectivity index (χ0n) is 7.24. The molecule has 62 valence electrons. The van der Waals surface area contributed by atoms with Gasteiger partial charge in [0.15, 0.2) is 5.78 Å². The Bertz CT molecular complexity index is 315. The van der Waals surface area contributed by atoms with Crippen molar-refractivity contribution in [3.8, 4) is 0 Å². The van der Waals surface area contributed by atoms with E-state index in [4.69, 9.17) is 0 Å². The molecule has 1 rings (SSSR count). The van der Waals surface area contributed by atoms with E-state index in [1.54, 1.807) is 6.08 Å². The van der Waals surface area contributed by atoms with Gasteiger partial charge in [0.05, 0.1) is 5.69 Å². The fraction of sp³-hybridized carbons (Fsp3) is 0.200. The summed E-state index contributed by atoms with van der Waals surface area (Å²) in [6.07, 6.45) is 3.23. The largest absolute Gasteiger partial charge is 0.295 e. The standard InChI is InChI=1S/C10H11NO/c1-8-4-3-5-10(11-8)7-6-9(2)12/h3-7H,1-2H3/b7-6+. The van der Waals surface area contributed by atoms with Gasteiger partial charge in [-0.3, -0.25) is 9.78 Å². The van der Waals surface area contributed by atoms with Crippen LogP contribution >= 0.6 is 0 Å². The van der Waals surface area contributed by atoms with Crippen LogP contribution in [0.15, 0.2) is 24.3 Å². The number of aryl methyl sites for hydroxylation is 1. The monoisotopic (exact) mass is 161 g/mol. The average molecular weight is 161 g/mol. The molecule has 0 aliphatic carbocycles. The van der Waals surface area contributed by atoms with Crippen molar-refractivity contribution in [2.24, 2.45) is 0 Å². The number of allylic oxidation sites excluding steroid dienone is 1. The fourth-order valence-electron chi connectivity index (χ4n) is 0.860. The van der Waals surface area contributed by atoms with Gasteiger partial charge < -0.3 is 0 Å². The van der Waals surface area contributed by atoms with Crippen LogP contribution in [0.2, 0.25) is 0 Å². The maximum absolute atomic E-state index is 10.6. The van der Waals surface area contributed by atoms with Crippen LogP contribution in [0.1, 0.15) is 18.3 Å². The number of aromatic nitrogens is 1. The molecule has 0 aliphatic rings. The Morgan fingerprint density at radius 1 is 1.50 bits per heavy atom. The Labute approximate surface area is 71.9 Å². The first-order chi connectivity index (χ1) is 5.68. The van der Waals surface area contributed by atoms with Gasteiger partial charge in [-0.2, -0.15) is 0 Å². The second-order valence-corrected chi connectivity index (χ2v) is 2.65. The van der Waals surface area contributed by atoms with E-state index in [2.05, 4.69) is 4.98 Å². The van der Waals surface area contributed by atoms with Crippen molar-refractivity contribution < 1.29 is 4.79 Å². The predicted octanol–water partition coefficient (Wildman–Crippen LogP) is 1.99. The molecule has 0 unspecified atom stereocenters. The zero-order chi connectivity index (χ0) is 8.97. The first-order valence-electron chi connectivity index (χ1n) is 3.81. The van der Waals surface area contributed by atoms with Gasteiger partial charge in [-0.25, -0.2) is 0 Å². The Hall–Kier alpha value is -1.44. The molecule has 0 amide bonds. The van der Waals surface area contributed by atoms with Gasteiger partial charge >= 0.3 is 0 Å². The Kier molecular flexibility index (Phi) is 2.75. The number of rotatable bonds is 2. The minimum atomic E-state index is 0.0401. The first kappa shape index (κ1) is 8.65. The minimum absolute atomic E-state index is 0.0401. The lowest BCUT2D eigenvalue weighted by Crippen LogP contribution is -1.85. The van der Waals surface area contributed by atoms with E-state index in [1.165, 1.54) is 13.0 Å². The molecule has 2 heteroatoms. The van der Waals surface area contributed by atoms with E-state index in [0.29, 0.717) is 0 Å². The highest BCUT2D eigenvalue weighted by Gasteiger charge is 1.89. The summed E-state index contributed by atoms with van der Waals surface area (Å²) in [5, 5.41) is 0. The van der Waals surface area contributed by atoms with Crippen molar-refractivity contribution in [3.05, 3.63) is 35.7 Å². The maximum atomic E-state index is 10.6. The summed E-state index contributed by atoms with van der Waals surface area (Å²) in [5.74, 6) is 0.0401. The second kappa shape index (κ2) is 3.81. The smallest absolute Gasteiger partial charge is 0.152 e. The van der Waals surface area contributed by atoms with Crippen molar-refractivity contribution >= 4 is 11.9 Å². The normalized spacial score (nSPS) is 10.5. The highest BCUT2D eigenvalue weighted by atomic mass is 16.1. The highest BCUT2D eigenvalue weighted by molar-refractivity contribution is 5.91. The number of ketones is 1. The molecule has 0 radical (unpaired) electrons. The van der Waals surface area contributed by atoms with Crippen molar-refractivity contribution in [2.45, 2.75) is 13.8 Å². The van der Waals surface area contributed by atoms with Crippen molar-refractivity contribution in [2.75, 3.05) is 0 Å². The fourth-order valence-corrected chi connectivity index (χ4v) is 0.860. The number of nitrogens with zero attached hydrogens (tertiary/aromatic N) is 1. The van der Waals surface area contributed by atoms with Crippen LogP contribution in [0.5, 0.6) is 0 Å². The zero-order valence-corrected chi connectivity index (χ0v) is 7.24. The molecule has 2 nitrogen and oxygen atoms in total. The summed E-state index contributed by atoms with van der Waals surface area (Å²) in [6, 6.07) is 5.71. The molecule has 0 aromatic carbocycles. The van der Waals surface area contributed by atoms with Gasteiger partial charge in [0.25, 0.3) is 0 Å². The van der Waals surface area contributed by atoms with Gasteiger partial charge in [0.1, 0.15) is 0 Å². The minimum Gasteiger partial charge on any atom is -0.295 e. The molecule has 0 spiro atoms. The van der Waals surface area contributed by atoms with Crippen LogP contribution in [0.4, 0.5) is 0 Å². The molecule has 0 saturated heterocycles. The number of hydrogen-bond donors (Lipinski definition) is 0. The number of pyridine rings is 1. The van der Waals surface area contributed by atoms with Crippen LogP contribution in [0, 0.1) is 6.92 Å². The molecule has 1 aromatic heterocycles. The van der Waals surface area contributed by atoms with Crippen LogP contribution in [-0.4, -0.2) is 10.8 Å². The summed E-state index contributed by atoms with van der Waals surface area (Å²) in [5.41, 5.74) is 1.78. The van der Waals surface area contributed by atoms with E-state index >= 15 is 0 Å². The molecule has 0 atom stereocenters. The number of carbonyl (C=O) groups excluding carboxylic acids is 1. The SMILES string of the molecule is CC(=O)/C=C/c1cccc(C)n1. The Morgan fingerprint density at radius 2 is 2.25 bits per heavy atom. The number of carbonyl (C=O) groups is 1. The van der Waals surface area contributed by atoms with E-state index in [1.807, 2.05) is 25.1 Å². The van der Waals surface area contributed by atoms with Crippen LogP contribution in [-0.2, 0) is 4.79 Å². The lowest BCUT2D eigenvalue weighted by molar-refractivity contribution is -0.112. The third-order valence-corrected chi connectivity index (χ3v) is 1.40. The highest BCUT2D eigenvalue weighted by Crippen LogP contribution is 1.99. The summed E-state index contributed by atoms with van der Waals surface area (Å²) >= 11 is 0. The molecular formula is C10H11NO. The lowest BCUT2D eigenvalue weighted by atomic mass is 10.3. The maximum Gasteiger partial charge on any atom is 0.152 e. The van der Waals surface area contributed by atoms with Crippen molar-refractivity contribution in [3.63, 3.8) is 0 Å². The van der Waals surface area contributed by atoms with Gasteiger partial charge in [-0.1, -0.05) is 6.07 Å². The topological polar surface area (TPSA) is 30.0 Å². The quantitative estimate of drug-likeness (QED) is 0.621. The molecule has 1 aromatic rings. The van der Waals surface area contributed by atoms with Gasteiger partial charge in [0, 0.05) is 5.69 Å². The third-order valence-electron chi connectivity index (χ3n) is 1.40. The second-order valence-electron chi connectivity index (χ2n) is 2.65. The predicted molar refractivity (Wildman–Crippen MR) is 48.7 cm³/mol. The summed E-state index contributed by atoms with van der Waals surface area (Å²) in [4.78, 5) is 14.8. The summed E-state index contributed by atoms with van der Waals surface area (Å²) in [7, 11) is 0. The first-order valence-corrected chi connectivity index (χ1v) is 3.81. The molecule has 0 bridgehead atoms. The Morgan fingerprint density at radius 3 is 2.83 bits per heavy atom. The summed E-state index contributed by atoms with van der Waals surface area (Å²) in [6.45, 7) is 3.44. The number of hydrogen-bond acceptors (Lipinski definition) is 2. The van der Waals surface area contributed by atoms with Crippen molar-refractivity contribution in [1.82, 2.24) is 4.98 Å². The molecule has 0 fully saturated rings. The van der Waals surface area contributed by atoms with E-state index in [0.717, 1.165) is 11.4 Å². The van der Waals surface area contributed by atoms with E-state index < -0.39 is 0 Å². The van der Waals surface area contributed by atoms with Crippen molar-refractivity contribution in [1.29, 1.82) is 0 Å². The van der Waals surface area contributed by atoms with E-state index in [-0.39, 0.29) is 5.78 Å². The molecule has 0 aliphatic heterocycles. The molecular weight excluding hydrogens is 150 g/mol. The average Bonchev–Trinajstić information content (AvgIpc) is 2.01. The molecule has 1 heterocycles. The van der Waals surface area contributed by atoms with Gasteiger partial charge in [-0.15, -0.1) is 0 Å². The van der Waals surface area contributed by atoms with Gasteiger partial charge in [-0.05, 0) is 38.1 Å². The molecule has 12 heavy (non-hydrogen) atoms.